The van der Waals surface area contributed by atoms with Crippen molar-refractivity contribution in [2.75, 3.05) is 19.9 Å². The van der Waals surface area contributed by atoms with Crippen LogP contribution in [0.3, 0.4) is 0 Å². The van der Waals surface area contributed by atoms with E-state index in [1.807, 2.05) is 13.8 Å². The molecule has 2 atom stereocenters. The number of aromatic nitrogens is 2. The molecule has 1 saturated heterocycles. The molecular formula is C19H21N3O6. The lowest BCUT2D eigenvalue weighted by atomic mass is 10.2. The van der Waals surface area contributed by atoms with E-state index in [0.717, 1.165) is 4.57 Å². The molecular weight excluding hydrogens is 366 g/mol. The summed E-state index contributed by atoms with van der Waals surface area (Å²) in [5.41, 5.74) is -0.585. The van der Waals surface area contributed by atoms with Gasteiger partial charge in [0.25, 0.3) is 11.5 Å². The molecule has 2 aliphatic heterocycles. The lowest BCUT2D eigenvalue weighted by Gasteiger charge is -2.35. The van der Waals surface area contributed by atoms with Crippen LogP contribution in [0.4, 0.5) is 0 Å². The number of hydrogen-bond donors (Lipinski definition) is 1. The van der Waals surface area contributed by atoms with E-state index in [4.69, 9.17) is 14.2 Å². The molecule has 9 heteroatoms. The quantitative estimate of drug-likeness (QED) is 0.826. The van der Waals surface area contributed by atoms with Crippen LogP contribution in [0.1, 0.15) is 29.8 Å². The van der Waals surface area contributed by atoms with Gasteiger partial charge in [0.15, 0.2) is 11.5 Å². The second-order valence-electron chi connectivity index (χ2n) is 7.05. The number of ether oxygens (including phenoxy) is 3. The van der Waals surface area contributed by atoms with E-state index in [1.54, 1.807) is 23.1 Å². The third kappa shape index (κ3) is 3.40. The number of fused-ring (bicyclic) bond motifs is 1. The minimum absolute atomic E-state index is 0.0157. The molecule has 148 valence electrons. The molecule has 1 aromatic heterocycles. The van der Waals surface area contributed by atoms with Crippen LogP contribution in [-0.4, -0.2) is 52.4 Å². The first kappa shape index (κ1) is 18.3. The van der Waals surface area contributed by atoms with Gasteiger partial charge in [0.1, 0.15) is 5.56 Å². The largest absolute Gasteiger partial charge is 0.454 e. The highest BCUT2D eigenvalue weighted by molar-refractivity contribution is 5.93. The van der Waals surface area contributed by atoms with Gasteiger partial charge in [0.05, 0.1) is 18.8 Å². The lowest BCUT2D eigenvalue weighted by molar-refractivity contribution is -0.0586. The first-order chi connectivity index (χ1) is 13.4. The Morgan fingerprint density at radius 1 is 1.14 bits per heavy atom. The molecule has 0 spiro atoms. The summed E-state index contributed by atoms with van der Waals surface area (Å²) in [5, 5.41) is 0. The van der Waals surface area contributed by atoms with E-state index in [2.05, 4.69) is 4.98 Å². The monoisotopic (exact) mass is 387 g/mol. The zero-order valence-electron chi connectivity index (χ0n) is 15.6. The number of amides is 1. The second kappa shape index (κ2) is 7.16. The van der Waals surface area contributed by atoms with Crippen LogP contribution in [0.25, 0.3) is 0 Å². The van der Waals surface area contributed by atoms with Crippen LogP contribution in [0.2, 0.25) is 0 Å². The van der Waals surface area contributed by atoms with E-state index in [1.165, 1.54) is 6.20 Å². The third-order valence-corrected chi connectivity index (χ3v) is 4.78. The molecule has 1 aromatic carbocycles. The Morgan fingerprint density at radius 3 is 2.61 bits per heavy atom. The van der Waals surface area contributed by atoms with Crippen LogP contribution in [0, 0.1) is 0 Å². The maximum Gasteiger partial charge on any atom is 0.328 e. The van der Waals surface area contributed by atoms with Gasteiger partial charge in [0, 0.05) is 19.3 Å². The predicted molar refractivity (Wildman–Crippen MR) is 98.9 cm³/mol. The number of nitrogens with zero attached hydrogens (tertiary/aromatic N) is 2. The van der Waals surface area contributed by atoms with Gasteiger partial charge in [-0.2, -0.15) is 0 Å². The summed E-state index contributed by atoms with van der Waals surface area (Å²) in [6.45, 7) is 4.69. The molecule has 28 heavy (non-hydrogen) atoms. The van der Waals surface area contributed by atoms with Gasteiger partial charge in [-0.1, -0.05) is 6.07 Å². The summed E-state index contributed by atoms with van der Waals surface area (Å²) in [6.07, 6.45) is 0.950. The Balaban J connectivity index is 1.63. The highest BCUT2D eigenvalue weighted by Crippen LogP contribution is 2.32. The van der Waals surface area contributed by atoms with Crippen molar-refractivity contribution in [3.63, 3.8) is 0 Å². The van der Waals surface area contributed by atoms with Gasteiger partial charge >= 0.3 is 5.69 Å². The molecule has 0 bridgehead atoms. The second-order valence-corrected chi connectivity index (χ2v) is 7.05. The topological polar surface area (TPSA) is 103 Å². The summed E-state index contributed by atoms with van der Waals surface area (Å²) in [7, 11) is 0. The summed E-state index contributed by atoms with van der Waals surface area (Å²) in [6, 6.07) is 5.19. The molecule has 2 aliphatic rings. The number of rotatable bonds is 3. The first-order valence-electron chi connectivity index (χ1n) is 9.08. The normalized spacial score (nSPS) is 21.0. The van der Waals surface area contributed by atoms with Crippen molar-refractivity contribution in [3.8, 4) is 11.5 Å². The van der Waals surface area contributed by atoms with Crippen LogP contribution in [-0.2, 0) is 11.3 Å². The van der Waals surface area contributed by atoms with Crippen LogP contribution >= 0.6 is 0 Å². The highest BCUT2D eigenvalue weighted by atomic mass is 16.7. The van der Waals surface area contributed by atoms with Crippen molar-refractivity contribution in [1.82, 2.24) is 14.5 Å². The minimum Gasteiger partial charge on any atom is -0.454 e. The van der Waals surface area contributed by atoms with Gasteiger partial charge in [0.2, 0.25) is 6.79 Å². The van der Waals surface area contributed by atoms with Crippen molar-refractivity contribution in [2.24, 2.45) is 0 Å². The zero-order chi connectivity index (χ0) is 19.8. The molecule has 2 aromatic rings. The Bertz CT molecular complexity index is 1020. The van der Waals surface area contributed by atoms with Gasteiger partial charge in [-0.15, -0.1) is 0 Å². The van der Waals surface area contributed by atoms with Crippen molar-refractivity contribution in [1.29, 1.82) is 0 Å². The molecule has 3 heterocycles. The summed E-state index contributed by atoms with van der Waals surface area (Å²) in [4.78, 5) is 42.1. The zero-order valence-corrected chi connectivity index (χ0v) is 15.6. The molecule has 0 radical (unpaired) electrons. The first-order valence-corrected chi connectivity index (χ1v) is 9.08. The number of hydrogen-bond acceptors (Lipinski definition) is 6. The number of morpholine rings is 1. The fourth-order valence-corrected chi connectivity index (χ4v) is 3.54. The Morgan fingerprint density at radius 2 is 1.86 bits per heavy atom. The molecule has 0 saturated carbocycles. The number of aromatic amines is 1. The van der Waals surface area contributed by atoms with E-state index < -0.39 is 17.2 Å². The SMILES string of the molecule is CC1CN(C(=O)c2c[nH]c(=O)n(Cc3ccc4c(c3)OCO4)c2=O)CC(C)O1. The number of carbonyl (C=O) groups excluding carboxylic acids is 1. The molecule has 1 fully saturated rings. The molecule has 0 aliphatic carbocycles. The molecule has 9 nitrogen and oxygen atoms in total. The van der Waals surface area contributed by atoms with E-state index in [9.17, 15) is 14.4 Å². The Hall–Kier alpha value is -3.07. The maximum absolute atomic E-state index is 12.9. The van der Waals surface area contributed by atoms with Crippen LogP contribution < -0.4 is 20.7 Å². The number of carbonyl (C=O) groups is 1. The van der Waals surface area contributed by atoms with Crippen molar-refractivity contribution >= 4 is 5.91 Å². The van der Waals surface area contributed by atoms with E-state index in [0.29, 0.717) is 30.2 Å². The van der Waals surface area contributed by atoms with Crippen LogP contribution in [0.15, 0.2) is 34.0 Å². The van der Waals surface area contributed by atoms with Gasteiger partial charge in [-0.05, 0) is 31.5 Å². The minimum atomic E-state index is -0.627. The molecule has 2 unspecified atom stereocenters. The summed E-state index contributed by atoms with van der Waals surface area (Å²) in [5.74, 6) is 0.762. The average molecular weight is 387 g/mol. The fourth-order valence-electron chi connectivity index (χ4n) is 3.54. The third-order valence-electron chi connectivity index (χ3n) is 4.78. The summed E-state index contributed by atoms with van der Waals surface area (Å²) < 4.78 is 17.2. The smallest absolute Gasteiger partial charge is 0.328 e. The average Bonchev–Trinajstić information content (AvgIpc) is 3.11. The number of nitrogens with one attached hydrogen (secondary N) is 1. The van der Waals surface area contributed by atoms with Crippen molar-refractivity contribution < 1.29 is 19.0 Å². The predicted octanol–water partition coefficient (Wildman–Crippen LogP) is 0.563. The molecule has 1 N–H and O–H groups in total. The molecule has 4 rings (SSSR count). The number of H-pyrrole nitrogens is 1. The van der Waals surface area contributed by atoms with Crippen LogP contribution in [0.5, 0.6) is 11.5 Å². The van der Waals surface area contributed by atoms with Gasteiger partial charge in [-0.25, -0.2) is 4.79 Å². The maximum atomic E-state index is 12.9. The van der Waals surface area contributed by atoms with Gasteiger partial charge in [-0.3, -0.25) is 14.2 Å². The highest BCUT2D eigenvalue weighted by Gasteiger charge is 2.28. The Labute approximate surface area is 160 Å². The van der Waals surface area contributed by atoms with Crippen molar-refractivity contribution in [3.05, 3.63) is 56.4 Å². The van der Waals surface area contributed by atoms with E-state index >= 15 is 0 Å². The van der Waals surface area contributed by atoms with Crippen molar-refractivity contribution in [2.45, 2.75) is 32.6 Å². The standard InChI is InChI=1S/C19H21N3O6/c1-11-7-21(8-12(2)28-11)17(23)14-6-20-19(25)22(18(14)24)9-13-3-4-15-16(5-13)27-10-26-15/h3-6,11-12H,7-10H2,1-2H3,(H,20,25). The number of benzene rings is 1. The lowest BCUT2D eigenvalue weighted by Crippen LogP contribution is -2.50. The van der Waals surface area contributed by atoms with Gasteiger partial charge < -0.3 is 24.1 Å². The Kier molecular flexibility index (Phi) is 4.68. The van der Waals surface area contributed by atoms with E-state index in [-0.39, 0.29) is 31.1 Å². The summed E-state index contributed by atoms with van der Waals surface area (Å²) >= 11 is 0. The molecule has 1 amide bonds. The fraction of sp³-hybridized carbons (Fsp3) is 0.421.